The van der Waals surface area contributed by atoms with Crippen LogP contribution >= 0.6 is 0 Å². The lowest BCUT2D eigenvalue weighted by Gasteiger charge is -2.32. The molecule has 0 spiro atoms. The number of anilines is 1. The highest BCUT2D eigenvalue weighted by molar-refractivity contribution is 7.92. The van der Waals surface area contributed by atoms with E-state index in [1.807, 2.05) is 38.1 Å². The number of carbonyl (C=O) groups excluding carboxylic acids is 2. The smallest absolute Gasteiger partial charge is 0.264 e. The van der Waals surface area contributed by atoms with Crippen molar-refractivity contribution in [1.82, 2.24) is 10.2 Å². The summed E-state index contributed by atoms with van der Waals surface area (Å²) in [5, 5.41) is 2.84. The number of para-hydroxylation sites is 1. The van der Waals surface area contributed by atoms with E-state index >= 15 is 0 Å². The van der Waals surface area contributed by atoms with Crippen LogP contribution < -0.4 is 14.4 Å². The Morgan fingerprint density at radius 3 is 2.18 bits per heavy atom. The molecule has 0 aromatic heterocycles. The van der Waals surface area contributed by atoms with E-state index in [9.17, 15) is 18.0 Å². The average molecular weight is 538 g/mol. The fourth-order valence-corrected chi connectivity index (χ4v) is 5.36. The molecule has 1 N–H and O–H groups in total. The minimum absolute atomic E-state index is 0.0224. The quantitative estimate of drug-likeness (QED) is 0.375. The summed E-state index contributed by atoms with van der Waals surface area (Å²) in [5.41, 5.74) is 2.19. The molecule has 202 valence electrons. The number of aryl methyl sites for hydroxylation is 1. The lowest BCUT2D eigenvalue weighted by Crippen LogP contribution is -2.51. The van der Waals surface area contributed by atoms with Crippen molar-refractivity contribution in [2.24, 2.45) is 0 Å². The van der Waals surface area contributed by atoms with Gasteiger partial charge in [0.1, 0.15) is 18.3 Å². The van der Waals surface area contributed by atoms with Gasteiger partial charge in [0.15, 0.2) is 0 Å². The molecule has 3 aromatic rings. The fraction of sp³-hybridized carbons (Fsp3) is 0.310. The van der Waals surface area contributed by atoms with E-state index in [0.717, 1.165) is 21.9 Å². The Balaban J connectivity index is 2.00. The van der Waals surface area contributed by atoms with Gasteiger partial charge in [-0.2, -0.15) is 0 Å². The number of ether oxygens (including phenoxy) is 1. The molecule has 0 aliphatic rings. The highest BCUT2D eigenvalue weighted by atomic mass is 32.2. The van der Waals surface area contributed by atoms with E-state index in [1.54, 1.807) is 49.4 Å². The Hall–Kier alpha value is -3.85. The van der Waals surface area contributed by atoms with Crippen molar-refractivity contribution in [3.05, 3.63) is 90.0 Å². The summed E-state index contributed by atoms with van der Waals surface area (Å²) in [4.78, 5) is 28.2. The maximum absolute atomic E-state index is 13.9. The van der Waals surface area contributed by atoms with Gasteiger partial charge in [-0.15, -0.1) is 0 Å². The van der Waals surface area contributed by atoms with Gasteiger partial charge in [-0.3, -0.25) is 13.9 Å². The lowest BCUT2D eigenvalue weighted by molar-refractivity contribution is -0.139. The van der Waals surface area contributed by atoms with Gasteiger partial charge < -0.3 is 15.0 Å². The van der Waals surface area contributed by atoms with Crippen molar-refractivity contribution in [3.8, 4) is 5.75 Å². The van der Waals surface area contributed by atoms with Gasteiger partial charge >= 0.3 is 0 Å². The largest absolute Gasteiger partial charge is 0.497 e. The zero-order valence-corrected chi connectivity index (χ0v) is 23.1. The van der Waals surface area contributed by atoms with Crippen LogP contribution in [0, 0.1) is 6.92 Å². The van der Waals surface area contributed by atoms with Crippen LogP contribution in [0.15, 0.2) is 83.8 Å². The molecule has 0 bridgehead atoms. The molecule has 2 amide bonds. The van der Waals surface area contributed by atoms with Crippen molar-refractivity contribution in [3.63, 3.8) is 0 Å². The SMILES string of the molecule is CCCNC(=O)[C@@H](C)N(Cc1ccccc1C)C(=O)CN(c1ccccc1)S(=O)(=O)c1ccc(OC)cc1. The number of nitrogens with zero attached hydrogens (tertiary/aromatic N) is 2. The number of sulfonamides is 1. The second-order valence-corrected chi connectivity index (χ2v) is 10.8. The van der Waals surface area contributed by atoms with Crippen LogP contribution in [0.3, 0.4) is 0 Å². The van der Waals surface area contributed by atoms with E-state index < -0.39 is 28.5 Å². The molecule has 0 fully saturated rings. The maximum Gasteiger partial charge on any atom is 0.264 e. The van der Waals surface area contributed by atoms with E-state index in [2.05, 4.69) is 5.32 Å². The Morgan fingerprint density at radius 2 is 1.58 bits per heavy atom. The molecule has 38 heavy (non-hydrogen) atoms. The fourth-order valence-electron chi connectivity index (χ4n) is 3.95. The van der Waals surface area contributed by atoms with Crippen LogP contribution in [0.5, 0.6) is 5.75 Å². The first kappa shape index (κ1) is 28.7. The van der Waals surface area contributed by atoms with Gasteiger partial charge in [0.05, 0.1) is 17.7 Å². The first-order chi connectivity index (χ1) is 18.2. The number of benzene rings is 3. The molecule has 0 saturated carbocycles. The van der Waals surface area contributed by atoms with Crippen molar-refractivity contribution < 1.29 is 22.7 Å². The van der Waals surface area contributed by atoms with Gasteiger partial charge in [-0.05, 0) is 67.8 Å². The molecule has 0 heterocycles. The van der Waals surface area contributed by atoms with Crippen LogP contribution in [-0.4, -0.2) is 51.4 Å². The number of rotatable bonds is 12. The van der Waals surface area contributed by atoms with Crippen molar-refractivity contribution in [2.75, 3.05) is 24.5 Å². The second-order valence-electron chi connectivity index (χ2n) is 8.94. The van der Waals surface area contributed by atoms with Gasteiger partial charge in [0, 0.05) is 13.1 Å². The van der Waals surface area contributed by atoms with E-state index in [0.29, 0.717) is 18.0 Å². The number of amides is 2. The highest BCUT2D eigenvalue weighted by Gasteiger charge is 2.32. The summed E-state index contributed by atoms with van der Waals surface area (Å²) in [5.74, 6) is -0.269. The topological polar surface area (TPSA) is 96.0 Å². The molecule has 0 aliphatic heterocycles. The number of carbonyl (C=O) groups is 2. The maximum atomic E-state index is 13.9. The predicted octanol–water partition coefficient (Wildman–Crippen LogP) is 4.14. The summed E-state index contributed by atoms with van der Waals surface area (Å²) in [6, 6.07) is 21.3. The Bertz CT molecular complexity index is 1330. The van der Waals surface area contributed by atoms with Crippen LogP contribution in [0.2, 0.25) is 0 Å². The highest BCUT2D eigenvalue weighted by Crippen LogP contribution is 2.26. The van der Waals surface area contributed by atoms with Gasteiger partial charge in [-0.25, -0.2) is 8.42 Å². The summed E-state index contributed by atoms with van der Waals surface area (Å²) in [6.45, 7) is 5.71. The molecule has 0 aliphatic carbocycles. The number of hydrogen-bond acceptors (Lipinski definition) is 5. The molecule has 3 aromatic carbocycles. The molecule has 1 atom stereocenters. The van der Waals surface area contributed by atoms with Gasteiger partial charge in [0.2, 0.25) is 11.8 Å². The Labute approximate surface area is 225 Å². The van der Waals surface area contributed by atoms with Crippen LogP contribution in [0.25, 0.3) is 0 Å². The zero-order valence-electron chi connectivity index (χ0n) is 22.3. The third kappa shape index (κ3) is 6.92. The minimum atomic E-state index is -4.12. The lowest BCUT2D eigenvalue weighted by atomic mass is 10.1. The third-order valence-corrected chi connectivity index (χ3v) is 8.08. The molecule has 3 rings (SSSR count). The molecule has 0 radical (unpaired) electrons. The van der Waals surface area contributed by atoms with Crippen LogP contribution in [-0.2, 0) is 26.2 Å². The standard InChI is InChI=1S/C29H35N3O5S/c1-5-19-30-29(34)23(3)31(20-24-12-10-9-11-22(24)2)28(33)21-32(25-13-7-6-8-14-25)38(35,36)27-17-15-26(37-4)16-18-27/h6-18,23H,5,19-21H2,1-4H3,(H,30,34)/t23-/m1/s1. The van der Waals surface area contributed by atoms with Crippen LogP contribution in [0.1, 0.15) is 31.4 Å². The summed E-state index contributed by atoms with van der Waals surface area (Å²) in [6.07, 6.45) is 0.756. The molecular formula is C29H35N3O5S. The molecule has 0 unspecified atom stereocenters. The number of hydrogen-bond donors (Lipinski definition) is 1. The van der Waals surface area contributed by atoms with Crippen molar-refractivity contribution >= 4 is 27.5 Å². The molecule has 8 nitrogen and oxygen atoms in total. The molecule has 9 heteroatoms. The summed E-state index contributed by atoms with van der Waals surface area (Å²) < 4.78 is 33.8. The third-order valence-electron chi connectivity index (χ3n) is 6.29. The van der Waals surface area contributed by atoms with E-state index in [-0.39, 0.29) is 17.3 Å². The predicted molar refractivity (Wildman–Crippen MR) is 148 cm³/mol. The monoisotopic (exact) mass is 537 g/mol. The first-order valence-corrected chi connectivity index (χ1v) is 14.0. The van der Waals surface area contributed by atoms with Gasteiger partial charge in [0.25, 0.3) is 10.0 Å². The molecule has 0 saturated heterocycles. The van der Waals surface area contributed by atoms with Gasteiger partial charge in [-0.1, -0.05) is 49.4 Å². The van der Waals surface area contributed by atoms with Crippen molar-refractivity contribution in [2.45, 2.75) is 44.7 Å². The zero-order chi connectivity index (χ0) is 27.7. The first-order valence-electron chi connectivity index (χ1n) is 12.5. The van der Waals surface area contributed by atoms with Crippen molar-refractivity contribution in [1.29, 1.82) is 0 Å². The minimum Gasteiger partial charge on any atom is -0.497 e. The Morgan fingerprint density at radius 1 is 0.947 bits per heavy atom. The average Bonchev–Trinajstić information content (AvgIpc) is 2.94. The number of methoxy groups -OCH3 is 1. The van der Waals surface area contributed by atoms with E-state index in [1.165, 1.54) is 24.1 Å². The van der Waals surface area contributed by atoms with Crippen LogP contribution in [0.4, 0.5) is 5.69 Å². The Kier molecular flexibility index (Phi) is 9.90. The summed E-state index contributed by atoms with van der Waals surface area (Å²) in [7, 11) is -2.62. The number of nitrogens with one attached hydrogen (secondary N) is 1. The second kappa shape index (κ2) is 13.1. The molecular weight excluding hydrogens is 502 g/mol. The normalized spacial score (nSPS) is 11.9. The summed E-state index contributed by atoms with van der Waals surface area (Å²) >= 11 is 0. The van der Waals surface area contributed by atoms with E-state index in [4.69, 9.17) is 4.74 Å².